The van der Waals surface area contributed by atoms with Crippen molar-refractivity contribution in [3.8, 4) is 0 Å². The Morgan fingerprint density at radius 1 is 1.35 bits per heavy atom. The minimum absolute atomic E-state index is 0.0112. The molecule has 0 spiro atoms. The van der Waals surface area contributed by atoms with Crippen LogP contribution in [-0.4, -0.2) is 48.0 Å². The normalized spacial score (nSPS) is 34.1. The first-order valence-corrected chi connectivity index (χ1v) is 7.93. The number of hydrogen-bond acceptors (Lipinski definition) is 3. The van der Waals surface area contributed by atoms with Crippen molar-refractivity contribution in [1.82, 2.24) is 4.90 Å². The lowest BCUT2D eigenvalue weighted by atomic mass is 9.74. The molecule has 0 amide bonds. The van der Waals surface area contributed by atoms with Gasteiger partial charge in [0, 0.05) is 12.6 Å². The molecule has 0 aromatic heterocycles. The van der Waals surface area contributed by atoms with E-state index in [0.29, 0.717) is 12.0 Å². The monoisotopic (exact) mass is 273 g/mol. The summed E-state index contributed by atoms with van der Waals surface area (Å²) in [6.07, 6.45) is 4.20. The number of fused-ring (bicyclic) bond motifs is 2. The molecule has 3 nitrogen and oxygen atoms in total. The number of morpholine rings is 1. The zero-order chi connectivity index (χ0) is 13.5. The first-order valence-electron chi connectivity index (χ1n) is 7.93. The molecule has 1 aromatic rings. The molecular weight excluding hydrogens is 250 g/mol. The van der Waals surface area contributed by atoms with Gasteiger partial charge in [0.05, 0.1) is 18.8 Å². The highest BCUT2D eigenvalue weighted by Gasteiger charge is 2.37. The smallest absolute Gasteiger partial charge is 0.0961 e. The fourth-order valence-electron chi connectivity index (χ4n) is 4.09. The lowest BCUT2D eigenvalue weighted by Crippen LogP contribution is -2.50. The molecule has 4 rings (SSSR count). The molecule has 2 fully saturated rings. The molecule has 4 atom stereocenters. The molecule has 4 unspecified atom stereocenters. The van der Waals surface area contributed by atoms with Crippen molar-refractivity contribution < 1.29 is 9.84 Å². The van der Waals surface area contributed by atoms with Gasteiger partial charge >= 0.3 is 0 Å². The van der Waals surface area contributed by atoms with Gasteiger partial charge in [-0.15, -0.1) is 0 Å². The molecular formula is C17H23NO2. The van der Waals surface area contributed by atoms with E-state index in [4.69, 9.17) is 4.74 Å². The van der Waals surface area contributed by atoms with Gasteiger partial charge in [-0.25, -0.2) is 0 Å². The summed E-state index contributed by atoms with van der Waals surface area (Å²) in [6, 6.07) is 9.22. The van der Waals surface area contributed by atoms with Crippen molar-refractivity contribution in [1.29, 1.82) is 0 Å². The molecule has 1 aromatic carbocycles. The minimum Gasteiger partial charge on any atom is -0.390 e. The van der Waals surface area contributed by atoms with Crippen molar-refractivity contribution in [3.63, 3.8) is 0 Å². The highest BCUT2D eigenvalue weighted by molar-refractivity contribution is 5.39. The van der Waals surface area contributed by atoms with Gasteiger partial charge in [-0.05, 0) is 49.3 Å². The van der Waals surface area contributed by atoms with Gasteiger partial charge in [-0.2, -0.15) is 0 Å². The van der Waals surface area contributed by atoms with Crippen molar-refractivity contribution in [2.75, 3.05) is 19.7 Å². The minimum atomic E-state index is -0.324. The topological polar surface area (TPSA) is 32.7 Å². The van der Waals surface area contributed by atoms with Crippen LogP contribution in [0.4, 0.5) is 0 Å². The molecule has 3 aliphatic rings. The van der Waals surface area contributed by atoms with Crippen LogP contribution in [0.5, 0.6) is 0 Å². The molecule has 0 bridgehead atoms. The van der Waals surface area contributed by atoms with E-state index in [2.05, 4.69) is 29.2 Å². The summed E-state index contributed by atoms with van der Waals surface area (Å²) < 4.78 is 5.92. The summed E-state index contributed by atoms with van der Waals surface area (Å²) in [5.74, 6) is 0.529. The van der Waals surface area contributed by atoms with Crippen LogP contribution in [0, 0.1) is 0 Å². The van der Waals surface area contributed by atoms with Gasteiger partial charge in [-0.1, -0.05) is 24.3 Å². The number of hydrogen-bond donors (Lipinski definition) is 1. The number of rotatable bonds is 3. The van der Waals surface area contributed by atoms with Gasteiger partial charge in [0.15, 0.2) is 0 Å². The zero-order valence-corrected chi connectivity index (χ0v) is 11.9. The van der Waals surface area contributed by atoms with Gasteiger partial charge in [0.25, 0.3) is 0 Å². The highest BCUT2D eigenvalue weighted by atomic mass is 16.5. The second-order valence-electron chi connectivity index (χ2n) is 6.57. The summed E-state index contributed by atoms with van der Waals surface area (Å²) in [5, 5.41) is 10.5. The second kappa shape index (κ2) is 5.14. The fourth-order valence-corrected chi connectivity index (χ4v) is 4.09. The van der Waals surface area contributed by atoms with Crippen LogP contribution in [0.3, 0.4) is 0 Å². The number of aliphatic hydroxyl groups excluding tert-OH is 1. The Balaban J connectivity index is 1.36. The van der Waals surface area contributed by atoms with E-state index in [-0.39, 0.29) is 12.2 Å². The highest BCUT2D eigenvalue weighted by Crippen LogP contribution is 2.39. The van der Waals surface area contributed by atoms with E-state index < -0.39 is 0 Å². The van der Waals surface area contributed by atoms with Gasteiger partial charge in [0.2, 0.25) is 0 Å². The average molecular weight is 273 g/mol. The van der Waals surface area contributed by atoms with Gasteiger partial charge < -0.3 is 9.84 Å². The Hall–Kier alpha value is -0.900. The summed E-state index contributed by atoms with van der Waals surface area (Å²) in [6.45, 7) is 2.91. The SMILES string of the molecule is OC(CC1Cc2ccccc21)C1CN2CCCC2CO1. The van der Waals surface area contributed by atoms with Crippen LogP contribution < -0.4 is 0 Å². The molecule has 0 radical (unpaired) electrons. The number of aliphatic hydroxyl groups is 1. The Kier molecular flexibility index (Phi) is 3.29. The number of ether oxygens (including phenoxy) is 1. The molecule has 20 heavy (non-hydrogen) atoms. The molecule has 1 aliphatic carbocycles. The number of benzene rings is 1. The predicted octanol–water partition coefficient (Wildman–Crippen LogP) is 1.94. The maximum absolute atomic E-state index is 10.5. The van der Waals surface area contributed by atoms with E-state index in [1.54, 1.807) is 0 Å². The Morgan fingerprint density at radius 2 is 2.25 bits per heavy atom. The van der Waals surface area contributed by atoms with E-state index >= 15 is 0 Å². The standard InChI is InChI=1S/C17H23NO2/c19-16(9-13-8-12-4-1-2-6-15(12)13)17-10-18-7-3-5-14(18)11-20-17/h1-2,4,6,13-14,16-17,19H,3,5,7-11H2. The average Bonchev–Trinajstić information content (AvgIpc) is 2.92. The van der Waals surface area contributed by atoms with Gasteiger partial charge in [0.1, 0.15) is 0 Å². The molecule has 0 saturated carbocycles. The molecule has 2 saturated heterocycles. The molecule has 3 heteroatoms. The summed E-state index contributed by atoms with van der Waals surface area (Å²) in [7, 11) is 0. The van der Waals surface area contributed by atoms with Crippen LogP contribution in [0.1, 0.15) is 36.3 Å². The third kappa shape index (κ3) is 2.18. The summed E-state index contributed by atoms with van der Waals surface area (Å²) in [5.41, 5.74) is 2.88. The van der Waals surface area contributed by atoms with Crippen LogP contribution in [-0.2, 0) is 11.2 Å². The zero-order valence-electron chi connectivity index (χ0n) is 11.9. The summed E-state index contributed by atoms with van der Waals surface area (Å²) in [4.78, 5) is 2.51. The Labute approximate surface area is 120 Å². The predicted molar refractivity (Wildman–Crippen MR) is 77.8 cm³/mol. The third-order valence-electron chi connectivity index (χ3n) is 5.33. The van der Waals surface area contributed by atoms with Crippen molar-refractivity contribution in [2.45, 2.75) is 49.9 Å². The Morgan fingerprint density at radius 3 is 3.15 bits per heavy atom. The first-order chi connectivity index (χ1) is 9.81. The van der Waals surface area contributed by atoms with E-state index in [1.807, 2.05) is 0 Å². The first kappa shape index (κ1) is 12.8. The molecule has 1 N–H and O–H groups in total. The van der Waals surface area contributed by atoms with Crippen molar-refractivity contribution in [3.05, 3.63) is 35.4 Å². The van der Waals surface area contributed by atoms with E-state index in [9.17, 15) is 5.11 Å². The van der Waals surface area contributed by atoms with Crippen LogP contribution in [0.25, 0.3) is 0 Å². The molecule has 2 heterocycles. The quantitative estimate of drug-likeness (QED) is 0.913. The van der Waals surface area contributed by atoms with E-state index in [0.717, 1.165) is 26.0 Å². The largest absolute Gasteiger partial charge is 0.390 e. The van der Waals surface area contributed by atoms with E-state index in [1.165, 1.54) is 30.5 Å². The lowest BCUT2D eigenvalue weighted by Gasteiger charge is -2.39. The fraction of sp³-hybridized carbons (Fsp3) is 0.647. The van der Waals surface area contributed by atoms with Crippen LogP contribution in [0.2, 0.25) is 0 Å². The number of nitrogens with zero attached hydrogens (tertiary/aromatic N) is 1. The summed E-state index contributed by atoms with van der Waals surface area (Å²) >= 11 is 0. The molecule has 108 valence electrons. The maximum Gasteiger partial charge on any atom is 0.0961 e. The van der Waals surface area contributed by atoms with Crippen LogP contribution in [0.15, 0.2) is 24.3 Å². The second-order valence-corrected chi connectivity index (χ2v) is 6.57. The molecule has 2 aliphatic heterocycles. The maximum atomic E-state index is 10.5. The third-order valence-corrected chi connectivity index (χ3v) is 5.33. The van der Waals surface area contributed by atoms with Gasteiger partial charge in [-0.3, -0.25) is 4.90 Å². The Bertz CT molecular complexity index is 490. The van der Waals surface area contributed by atoms with Crippen molar-refractivity contribution >= 4 is 0 Å². The lowest BCUT2D eigenvalue weighted by molar-refractivity contribution is -0.105. The van der Waals surface area contributed by atoms with Crippen molar-refractivity contribution in [2.24, 2.45) is 0 Å². The van der Waals surface area contributed by atoms with Crippen LogP contribution >= 0.6 is 0 Å².